The topological polar surface area (TPSA) is 32.9 Å². The highest BCUT2D eigenvalue weighted by Crippen LogP contribution is 2.37. The van der Waals surface area contributed by atoms with Gasteiger partial charge in [-0.2, -0.15) is 0 Å². The second-order valence-electron chi connectivity index (χ2n) is 5.10. The van der Waals surface area contributed by atoms with E-state index >= 15 is 0 Å². The van der Waals surface area contributed by atoms with Crippen LogP contribution >= 0.6 is 0 Å². The first kappa shape index (κ1) is 10.6. The predicted octanol–water partition coefficient (Wildman–Crippen LogP) is 3.95. The summed E-state index contributed by atoms with van der Waals surface area (Å²) in [4.78, 5) is 14.8. The molecular weight excluding hydrogens is 210 g/mol. The smallest absolute Gasteiger partial charge is 0.152 e. The minimum atomic E-state index is 0.558. The van der Waals surface area contributed by atoms with Gasteiger partial charge < -0.3 is 4.98 Å². The van der Waals surface area contributed by atoms with E-state index in [1.165, 1.54) is 31.2 Å². The predicted molar refractivity (Wildman–Crippen MR) is 69.6 cm³/mol. The quantitative estimate of drug-likeness (QED) is 0.774. The van der Waals surface area contributed by atoms with Crippen LogP contribution in [0, 0.1) is 6.92 Å². The fourth-order valence-corrected chi connectivity index (χ4v) is 3.01. The molecule has 1 aromatic carbocycles. The third-order valence-electron chi connectivity index (χ3n) is 3.91. The SMILES string of the molecule is Cc1ccc2[nH]c(C3CCCC3)c(C=O)c2c1. The van der Waals surface area contributed by atoms with E-state index in [9.17, 15) is 4.79 Å². The van der Waals surface area contributed by atoms with Crippen molar-refractivity contribution in [2.24, 2.45) is 0 Å². The first-order chi connectivity index (χ1) is 8.29. The van der Waals surface area contributed by atoms with Crippen molar-refractivity contribution < 1.29 is 4.79 Å². The van der Waals surface area contributed by atoms with Crippen molar-refractivity contribution >= 4 is 17.2 Å². The molecule has 2 heteroatoms. The Balaban J connectivity index is 2.20. The van der Waals surface area contributed by atoms with Gasteiger partial charge in [0, 0.05) is 22.2 Å². The molecule has 88 valence electrons. The number of rotatable bonds is 2. The lowest BCUT2D eigenvalue weighted by Crippen LogP contribution is -1.96. The van der Waals surface area contributed by atoms with E-state index in [1.54, 1.807) is 0 Å². The molecule has 0 radical (unpaired) electrons. The number of nitrogens with one attached hydrogen (secondary N) is 1. The second kappa shape index (κ2) is 4.02. The number of carbonyl (C=O) groups is 1. The normalized spacial score (nSPS) is 16.8. The first-order valence-electron chi connectivity index (χ1n) is 6.37. The Bertz CT molecular complexity index is 562. The Hall–Kier alpha value is -1.57. The van der Waals surface area contributed by atoms with Crippen LogP contribution in [-0.4, -0.2) is 11.3 Å². The van der Waals surface area contributed by atoms with E-state index in [4.69, 9.17) is 0 Å². The molecule has 2 aromatic rings. The van der Waals surface area contributed by atoms with Crippen LogP contribution < -0.4 is 0 Å². The minimum absolute atomic E-state index is 0.558. The van der Waals surface area contributed by atoms with Crippen molar-refractivity contribution in [3.05, 3.63) is 35.0 Å². The number of aryl methyl sites for hydroxylation is 1. The Morgan fingerprint density at radius 3 is 2.76 bits per heavy atom. The molecule has 0 atom stereocenters. The summed E-state index contributed by atoms with van der Waals surface area (Å²) in [6.07, 6.45) is 6.03. The van der Waals surface area contributed by atoms with Gasteiger partial charge in [-0.1, -0.05) is 24.5 Å². The fraction of sp³-hybridized carbons (Fsp3) is 0.400. The zero-order valence-electron chi connectivity index (χ0n) is 10.1. The number of H-pyrrole nitrogens is 1. The molecule has 1 N–H and O–H groups in total. The zero-order chi connectivity index (χ0) is 11.8. The molecular formula is C15H17NO. The Morgan fingerprint density at radius 2 is 2.06 bits per heavy atom. The third kappa shape index (κ3) is 1.68. The Kier molecular flexibility index (Phi) is 2.50. The van der Waals surface area contributed by atoms with Gasteiger partial charge in [0.1, 0.15) is 0 Å². The number of aromatic amines is 1. The van der Waals surface area contributed by atoms with Crippen molar-refractivity contribution in [1.29, 1.82) is 0 Å². The molecule has 0 bridgehead atoms. The summed E-state index contributed by atoms with van der Waals surface area (Å²) in [6, 6.07) is 6.27. The molecule has 0 spiro atoms. The molecule has 0 unspecified atom stereocenters. The molecule has 2 nitrogen and oxygen atoms in total. The molecule has 1 fully saturated rings. The molecule has 17 heavy (non-hydrogen) atoms. The summed E-state index contributed by atoms with van der Waals surface area (Å²) in [5.74, 6) is 0.558. The van der Waals surface area contributed by atoms with E-state index in [0.717, 1.165) is 28.4 Å². The average Bonchev–Trinajstić information content (AvgIpc) is 2.94. The van der Waals surface area contributed by atoms with E-state index in [1.807, 2.05) is 0 Å². The summed E-state index contributed by atoms with van der Waals surface area (Å²) in [7, 11) is 0. The fourth-order valence-electron chi connectivity index (χ4n) is 3.01. The second-order valence-corrected chi connectivity index (χ2v) is 5.10. The van der Waals surface area contributed by atoms with Gasteiger partial charge >= 0.3 is 0 Å². The van der Waals surface area contributed by atoms with Gasteiger partial charge in [0.05, 0.1) is 0 Å². The number of aldehydes is 1. The van der Waals surface area contributed by atoms with Gasteiger partial charge in [-0.15, -0.1) is 0 Å². The summed E-state index contributed by atoms with van der Waals surface area (Å²) in [5.41, 5.74) is 4.35. The van der Waals surface area contributed by atoms with Gasteiger partial charge in [-0.3, -0.25) is 4.79 Å². The first-order valence-corrected chi connectivity index (χ1v) is 6.37. The van der Waals surface area contributed by atoms with E-state index in [2.05, 4.69) is 30.1 Å². The lowest BCUT2D eigenvalue weighted by molar-refractivity contribution is 0.112. The summed E-state index contributed by atoms with van der Waals surface area (Å²) in [5, 5.41) is 1.09. The van der Waals surface area contributed by atoms with Crippen LogP contribution in [0.2, 0.25) is 0 Å². The highest BCUT2D eigenvalue weighted by atomic mass is 16.1. The number of hydrogen-bond acceptors (Lipinski definition) is 1. The van der Waals surface area contributed by atoms with Crippen LogP contribution in [0.25, 0.3) is 10.9 Å². The van der Waals surface area contributed by atoms with Crippen molar-refractivity contribution in [3.8, 4) is 0 Å². The number of hydrogen-bond donors (Lipinski definition) is 1. The molecule has 1 aromatic heterocycles. The lowest BCUT2D eigenvalue weighted by Gasteiger charge is -2.07. The molecule has 1 aliphatic carbocycles. The molecule has 0 aliphatic heterocycles. The molecule has 0 saturated heterocycles. The van der Waals surface area contributed by atoms with E-state index in [0.29, 0.717) is 5.92 Å². The van der Waals surface area contributed by atoms with Crippen LogP contribution in [-0.2, 0) is 0 Å². The lowest BCUT2D eigenvalue weighted by atomic mass is 9.99. The van der Waals surface area contributed by atoms with Crippen molar-refractivity contribution in [2.75, 3.05) is 0 Å². The van der Waals surface area contributed by atoms with Crippen LogP contribution in [0.4, 0.5) is 0 Å². The maximum Gasteiger partial charge on any atom is 0.152 e. The Morgan fingerprint density at radius 1 is 1.29 bits per heavy atom. The van der Waals surface area contributed by atoms with E-state index in [-0.39, 0.29) is 0 Å². The Labute approximate surface area is 101 Å². The van der Waals surface area contributed by atoms with Gasteiger partial charge in [-0.25, -0.2) is 0 Å². The molecule has 1 heterocycles. The average molecular weight is 227 g/mol. The monoisotopic (exact) mass is 227 g/mol. The molecule has 0 amide bonds. The molecule has 1 aliphatic rings. The standard InChI is InChI=1S/C15H17NO/c1-10-6-7-14-12(8-10)13(9-17)15(16-14)11-4-2-3-5-11/h6-9,11,16H,2-5H2,1H3. The summed E-state index contributed by atoms with van der Waals surface area (Å²) in [6.45, 7) is 2.07. The summed E-state index contributed by atoms with van der Waals surface area (Å²) >= 11 is 0. The number of benzene rings is 1. The van der Waals surface area contributed by atoms with Gasteiger partial charge in [0.2, 0.25) is 0 Å². The minimum Gasteiger partial charge on any atom is -0.358 e. The number of carbonyl (C=O) groups excluding carboxylic acids is 1. The summed E-state index contributed by atoms with van der Waals surface area (Å²) < 4.78 is 0. The third-order valence-corrected chi connectivity index (χ3v) is 3.91. The van der Waals surface area contributed by atoms with Gasteiger partial charge in [0.15, 0.2) is 6.29 Å². The van der Waals surface area contributed by atoms with Crippen molar-refractivity contribution in [2.45, 2.75) is 38.5 Å². The highest BCUT2D eigenvalue weighted by Gasteiger charge is 2.22. The van der Waals surface area contributed by atoms with Crippen LogP contribution in [0.5, 0.6) is 0 Å². The number of aromatic nitrogens is 1. The van der Waals surface area contributed by atoms with E-state index < -0.39 is 0 Å². The van der Waals surface area contributed by atoms with Gasteiger partial charge in [-0.05, 0) is 37.8 Å². The molecule has 1 saturated carbocycles. The maximum absolute atomic E-state index is 11.4. The van der Waals surface area contributed by atoms with Crippen LogP contribution in [0.1, 0.15) is 53.2 Å². The largest absolute Gasteiger partial charge is 0.358 e. The highest BCUT2D eigenvalue weighted by molar-refractivity contribution is 5.99. The van der Waals surface area contributed by atoms with Crippen molar-refractivity contribution in [3.63, 3.8) is 0 Å². The zero-order valence-corrected chi connectivity index (χ0v) is 10.1. The van der Waals surface area contributed by atoms with Gasteiger partial charge in [0.25, 0.3) is 0 Å². The van der Waals surface area contributed by atoms with Crippen LogP contribution in [0.3, 0.4) is 0 Å². The number of fused-ring (bicyclic) bond motifs is 1. The van der Waals surface area contributed by atoms with Crippen molar-refractivity contribution in [1.82, 2.24) is 4.98 Å². The molecule has 3 rings (SSSR count). The van der Waals surface area contributed by atoms with Crippen LogP contribution in [0.15, 0.2) is 18.2 Å². The maximum atomic E-state index is 11.4.